The lowest BCUT2D eigenvalue weighted by atomic mass is 10.1. The summed E-state index contributed by atoms with van der Waals surface area (Å²) in [6, 6.07) is 3.69. The van der Waals surface area contributed by atoms with Crippen molar-refractivity contribution in [3.63, 3.8) is 0 Å². The largest absolute Gasteiger partial charge is 0.382 e. The Kier molecular flexibility index (Phi) is 2.32. The van der Waals surface area contributed by atoms with Gasteiger partial charge in [-0.1, -0.05) is 11.6 Å². The van der Waals surface area contributed by atoms with E-state index in [4.69, 9.17) is 17.3 Å². The number of H-pyrrole nitrogens is 1. The van der Waals surface area contributed by atoms with Crippen molar-refractivity contribution in [2.24, 2.45) is 0 Å². The van der Waals surface area contributed by atoms with Crippen LogP contribution in [0.15, 0.2) is 18.2 Å². The average Bonchev–Trinajstić information content (AvgIpc) is 2.60. The molecular formula is C9H6ClF2N3. The summed E-state index contributed by atoms with van der Waals surface area (Å²) >= 11 is 5.34. The van der Waals surface area contributed by atoms with Crippen LogP contribution in [0.3, 0.4) is 0 Å². The number of aromatic nitrogens is 2. The predicted octanol–water partition coefficient (Wildman–Crippen LogP) is 2.59. The zero-order valence-corrected chi connectivity index (χ0v) is 8.15. The van der Waals surface area contributed by atoms with Crippen LogP contribution in [0.1, 0.15) is 0 Å². The van der Waals surface area contributed by atoms with Crippen molar-refractivity contribution in [2.45, 2.75) is 0 Å². The summed E-state index contributed by atoms with van der Waals surface area (Å²) in [4.78, 5) is 0. The van der Waals surface area contributed by atoms with Gasteiger partial charge >= 0.3 is 0 Å². The van der Waals surface area contributed by atoms with Crippen molar-refractivity contribution in [1.29, 1.82) is 0 Å². The van der Waals surface area contributed by atoms with Gasteiger partial charge in [0.05, 0.1) is 5.69 Å². The number of aromatic amines is 1. The first-order chi connectivity index (χ1) is 7.08. The monoisotopic (exact) mass is 229 g/mol. The first-order valence-corrected chi connectivity index (χ1v) is 4.41. The third-order valence-corrected chi connectivity index (χ3v) is 2.25. The summed E-state index contributed by atoms with van der Waals surface area (Å²) in [7, 11) is 0. The van der Waals surface area contributed by atoms with Gasteiger partial charge in [0.15, 0.2) is 0 Å². The number of rotatable bonds is 1. The van der Waals surface area contributed by atoms with Gasteiger partial charge in [0.25, 0.3) is 0 Å². The molecule has 0 saturated carbocycles. The molecule has 0 aliphatic heterocycles. The van der Waals surface area contributed by atoms with Crippen LogP contribution in [-0.4, -0.2) is 10.2 Å². The van der Waals surface area contributed by atoms with E-state index in [2.05, 4.69) is 10.2 Å². The lowest BCUT2D eigenvalue weighted by Gasteiger charge is -2.00. The topological polar surface area (TPSA) is 54.7 Å². The second-order valence-electron chi connectivity index (χ2n) is 2.96. The minimum Gasteiger partial charge on any atom is -0.382 e. The second-order valence-corrected chi connectivity index (χ2v) is 3.34. The van der Waals surface area contributed by atoms with Crippen molar-refractivity contribution in [1.82, 2.24) is 10.2 Å². The molecule has 3 N–H and O–H groups in total. The molecule has 0 unspecified atom stereocenters. The van der Waals surface area contributed by atoms with E-state index >= 15 is 0 Å². The molecule has 0 spiro atoms. The molecule has 0 atom stereocenters. The van der Waals surface area contributed by atoms with Gasteiger partial charge in [0.1, 0.15) is 22.5 Å². The fourth-order valence-electron chi connectivity index (χ4n) is 1.20. The van der Waals surface area contributed by atoms with E-state index in [1.807, 2.05) is 0 Å². The van der Waals surface area contributed by atoms with Crippen molar-refractivity contribution in [2.75, 3.05) is 5.73 Å². The van der Waals surface area contributed by atoms with Crippen LogP contribution in [0.25, 0.3) is 11.3 Å². The molecular weight excluding hydrogens is 224 g/mol. The van der Waals surface area contributed by atoms with E-state index in [0.717, 1.165) is 12.1 Å². The molecule has 1 aromatic heterocycles. The van der Waals surface area contributed by atoms with E-state index in [-0.39, 0.29) is 5.82 Å². The molecule has 2 rings (SSSR count). The van der Waals surface area contributed by atoms with Crippen LogP contribution in [-0.2, 0) is 0 Å². The summed E-state index contributed by atoms with van der Waals surface area (Å²) in [6.07, 6.45) is 0. The summed E-state index contributed by atoms with van der Waals surface area (Å²) < 4.78 is 26.2. The molecule has 0 saturated heterocycles. The Labute approximate surface area is 88.9 Å². The van der Waals surface area contributed by atoms with Gasteiger partial charge in [-0.05, 0) is 12.1 Å². The van der Waals surface area contributed by atoms with Gasteiger partial charge in [-0.25, -0.2) is 8.78 Å². The first kappa shape index (κ1) is 9.92. The Morgan fingerprint density at radius 3 is 2.27 bits per heavy atom. The molecule has 1 aromatic carbocycles. The molecule has 78 valence electrons. The third-order valence-electron chi connectivity index (χ3n) is 1.89. The molecule has 0 fully saturated rings. The summed E-state index contributed by atoms with van der Waals surface area (Å²) in [6.45, 7) is 0. The Morgan fingerprint density at radius 1 is 1.20 bits per heavy atom. The Balaban J connectivity index is 2.55. The molecule has 0 aliphatic carbocycles. The maximum absolute atomic E-state index is 13.1. The Hall–Kier alpha value is -1.62. The zero-order valence-electron chi connectivity index (χ0n) is 7.39. The van der Waals surface area contributed by atoms with Crippen LogP contribution in [0.5, 0.6) is 0 Å². The van der Waals surface area contributed by atoms with Crippen LogP contribution < -0.4 is 5.73 Å². The fourth-order valence-corrected chi connectivity index (χ4v) is 1.31. The highest BCUT2D eigenvalue weighted by Crippen LogP contribution is 2.26. The van der Waals surface area contributed by atoms with E-state index in [1.165, 1.54) is 6.07 Å². The van der Waals surface area contributed by atoms with E-state index in [0.29, 0.717) is 11.3 Å². The number of nitrogen functional groups attached to an aromatic ring is 1. The fraction of sp³-hybridized carbons (Fsp3) is 0. The highest BCUT2D eigenvalue weighted by atomic mass is 35.5. The van der Waals surface area contributed by atoms with E-state index in [9.17, 15) is 8.78 Å². The molecule has 0 aliphatic rings. The van der Waals surface area contributed by atoms with Gasteiger partial charge in [-0.15, -0.1) is 0 Å². The van der Waals surface area contributed by atoms with Crippen molar-refractivity contribution in [3.05, 3.63) is 34.9 Å². The van der Waals surface area contributed by atoms with Gasteiger partial charge in [-0.2, -0.15) is 5.10 Å². The number of hydrogen-bond donors (Lipinski definition) is 2. The number of nitrogens with two attached hydrogens (primary N) is 1. The van der Waals surface area contributed by atoms with E-state index in [1.54, 1.807) is 0 Å². The minimum atomic E-state index is -0.820. The predicted molar refractivity (Wildman–Crippen MR) is 53.4 cm³/mol. The lowest BCUT2D eigenvalue weighted by molar-refractivity contribution is 0.585. The van der Waals surface area contributed by atoms with Crippen molar-refractivity contribution in [3.8, 4) is 11.3 Å². The van der Waals surface area contributed by atoms with Crippen LogP contribution in [0.2, 0.25) is 5.02 Å². The van der Waals surface area contributed by atoms with Crippen molar-refractivity contribution < 1.29 is 8.78 Å². The first-order valence-electron chi connectivity index (χ1n) is 4.03. The Bertz CT molecular complexity index is 487. The second kappa shape index (κ2) is 3.51. The molecule has 0 amide bonds. The normalized spacial score (nSPS) is 10.6. The van der Waals surface area contributed by atoms with E-state index < -0.39 is 16.7 Å². The molecule has 15 heavy (non-hydrogen) atoms. The smallest absolute Gasteiger partial charge is 0.145 e. The summed E-state index contributed by atoms with van der Waals surface area (Å²) in [5, 5.41) is 5.67. The Morgan fingerprint density at radius 2 is 1.80 bits per heavy atom. The molecule has 0 radical (unpaired) electrons. The number of halogens is 3. The molecule has 2 aromatic rings. The maximum Gasteiger partial charge on any atom is 0.145 e. The van der Waals surface area contributed by atoms with Gasteiger partial charge in [-0.3, -0.25) is 5.10 Å². The number of anilines is 1. The number of nitrogens with zero attached hydrogens (tertiary/aromatic N) is 1. The molecule has 6 heteroatoms. The van der Waals surface area contributed by atoms with Gasteiger partial charge < -0.3 is 5.73 Å². The molecule has 3 nitrogen and oxygen atoms in total. The summed E-state index contributed by atoms with van der Waals surface area (Å²) in [5.41, 5.74) is 6.10. The number of benzene rings is 1. The SMILES string of the molecule is Nc1cc(-c2cc(F)c(Cl)c(F)c2)[nH]n1. The minimum absolute atomic E-state index is 0.251. The number of hydrogen-bond acceptors (Lipinski definition) is 2. The maximum atomic E-state index is 13.1. The molecule has 0 bridgehead atoms. The van der Waals surface area contributed by atoms with Crippen LogP contribution >= 0.6 is 11.6 Å². The zero-order chi connectivity index (χ0) is 11.0. The molecule has 1 heterocycles. The van der Waals surface area contributed by atoms with Gasteiger partial charge in [0, 0.05) is 11.6 Å². The number of nitrogens with one attached hydrogen (secondary N) is 1. The highest BCUT2D eigenvalue weighted by molar-refractivity contribution is 6.30. The lowest BCUT2D eigenvalue weighted by Crippen LogP contribution is -1.87. The van der Waals surface area contributed by atoms with Crippen LogP contribution in [0.4, 0.5) is 14.6 Å². The average molecular weight is 230 g/mol. The third kappa shape index (κ3) is 1.78. The standard InChI is InChI=1S/C9H6ClF2N3/c10-9-5(11)1-4(2-6(9)12)7-3-8(13)15-14-7/h1-3H,(H3,13,14,15). The highest BCUT2D eigenvalue weighted by Gasteiger charge is 2.11. The quantitative estimate of drug-likeness (QED) is 0.739. The van der Waals surface area contributed by atoms with Crippen LogP contribution in [0, 0.1) is 11.6 Å². The summed E-state index contributed by atoms with van der Waals surface area (Å²) in [5.74, 6) is -1.39. The van der Waals surface area contributed by atoms with Crippen molar-refractivity contribution >= 4 is 17.4 Å². The van der Waals surface area contributed by atoms with Gasteiger partial charge in [0.2, 0.25) is 0 Å².